The Kier molecular flexibility index (Phi) is 9.53. The van der Waals surface area contributed by atoms with Crippen LogP contribution < -0.4 is 15.4 Å². The first-order chi connectivity index (χ1) is 20.1. The van der Waals surface area contributed by atoms with Crippen LogP contribution in [0.1, 0.15) is 77.7 Å². The van der Waals surface area contributed by atoms with Crippen LogP contribution in [0.5, 0.6) is 0 Å². The van der Waals surface area contributed by atoms with Crippen LogP contribution in [-0.2, 0) is 29.1 Å². The Labute approximate surface area is 252 Å². The van der Waals surface area contributed by atoms with Gasteiger partial charge in [-0.25, -0.2) is 22.3 Å². The van der Waals surface area contributed by atoms with Crippen molar-refractivity contribution in [1.82, 2.24) is 20.3 Å². The summed E-state index contributed by atoms with van der Waals surface area (Å²) >= 11 is 0. The highest BCUT2D eigenvalue weighted by Crippen LogP contribution is 2.45. The molecule has 2 heterocycles. The predicted molar refractivity (Wildman–Crippen MR) is 156 cm³/mol. The average molecular weight is 621 g/mol. The smallest absolute Gasteiger partial charge is 0.408 e. The number of nitrogens with zero attached hydrogens (tertiary/aromatic N) is 1. The van der Waals surface area contributed by atoms with Gasteiger partial charge in [0.2, 0.25) is 11.8 Å². The zero-order valence-electron chi connectivity index (χ0n) is 25.1. The summed E-state index contributed by atoms with van der Waals surface area (Å²) in [5.74, 6) is -3.11. The third kappa shape index (κ3) is 7.73. The summed E-state index contributed by atoms with van der Waals surface area (Å²) < 4.78 is 47.5. The Balaban J connectivity index is 1.57. The van der Waals surface area contributed by atoms with Crippen molar-refractivity contribution in [2.45, 2.75) is 107 Å². The number of hydrogen-bond acceptors (Lipinski definition) is 7. The maximum Gasteiger partial charge on any atom is 0.408 e. The van der Waals surface area contributed by atoms with Crippen LogP contribution >= 0.6 is 0 Å². The fourth-order valence-electron chi connectivity index (χ4n) is 5.56. The number of allylic oxidation sites excluding steroid dienone is 1. The first kappa shape index (κ1) is 32.4. The number of carbonyl (C=O) groups is 4. The van der Waals surface area contributed by atoms with Gasteiger partial charge in [0, 0.05) is 12.5 Å². The molecule has 236 valence electrons. The third-order valence-corrected chi connectivity index (χ3v) is 9.34. The molecule has 0 spiro atoms. The van der Waals surface area contributed by atoms with Crippen molar-refractivity contribution in [3.8, 4) is 0 Å². The zero-order valence-corrected chi connectivity index (χ0v) is 25.9. The zero-order chi connectivity index (χ0) is 31.6. The molecule has 3 aliphatic rings. The Morgan fingerprint density at radius 3 is 2.56 bits per heavy atom. The van der Waals surface area contributed by atoms with Gasteiger partial charge in [0.15, 0.2) is 0 Å². The number of benzene rings is 1. The number of amides is 4. The Hall–Kier alpha value is -3.48. The van der Waals surface area contributed by atoms with Gasteiger partial charge in [-0.2, -0.15) is 0 Å². The van der Waals surface area contributed by atoms with E-state index >= 15 is 0 Å². The van der Waals surface area contributed by atoms with Gasteiger partial charge in [-0.3, -0.25) is 14.4 Å². The van der Waals surface area contributed by atoms with Crippen LogP contribution in [0.4, 0.5) is 9.18 Å². The van der Waals surface area contributed by atoms with Crippen LogP contribution in [0.25, 0.3) is 0 Å². The summed E-state index contributed by atoms with van der Waals surface area (Å²) in [5.41, 5.74) is -2.05. The highest BCUT2D eigenvalue weighted by atomic mass is 32.2. The van der Waals surface area contributed by atoms with Crippen molar-refractivity contribution >= 4 is 33.8 Å². The van der Waals surface area contributed by atoms with Gasteiger partial charge < -0.3 is 20.3 Å². The van der Waals surface area contributed by atoms with Gasteiger partial charge in [0.1, 0.15) is 29.0 Å². The molecule has 4 unspecified atom stereocenters. The van der Waals surface area contributed by atoms with Crippen LogP contribution in [0.15, 0.2) is 35.2 Å². The standard InChI is InChI=1S/C30H41FN4O7S/c1-19-14-15-21(17-22(19)31)43(40,41)34-27(38)30-18-20(30)11-8-6-5-7-9-12-23(32-28(39)42-29(2,3)4)26(37)35-16-10-13-24(35)25(36)33-30/h8,11,14-15,17,20,23-24H,5-7,9-10,12-13,16,18H2,1-4H3,(H,32,39)(H,33,36)(H,34,38). The maximum absolute atomic E-state index is 14.1. The lowest BCUT2D eigenvalue weighted by atomic mass is 10.0. The molecule has 1 saturated heterocycles. The Morgan fingerprint density at radius 1 is 1.12 bits per heavy atom. The number of carbonyl (C=O) groups excluding carboxylic acids is 4. The second kappa shape index (κ2) is 12.6. The number of hydrogen-bond donors (Lipinski definition) is 3. The fourth-order valence-corrected chi connectivity index (χ4v) is 6.61. The van der Waals surface area contributed by atoms with Gasteiger partial charge in [-0.1, -0.05) is 31.1 Å². The molecular formula is C30H41FN4O7S. The van der Waals surface area contributed by atoms with Crippen LogP contribution in [0, 0.1) is 18.7 Å². The molecule has 1 saturated carbocycles. The Bertz CT molecular complexity index is 1410. The van der Waals surface area contributed by atoms with Crippen LogP contribution in [-0.4, -0.2) is 66.9 Å². The van der Waals surface area contributed by atoms with Crippen LogP contribution in [0.2, 0.25) is 0 Å². The normalized spacial score (nSPS) is 26.7. The summed E-state index contributed by atoms with van der Waals surface area (Å²) in [6, 6.07) is 1.55. The summed E-state index contributed by atoms with van der Waals surface area (Å²) in [7, 11) is -4.43. The molecular weight excluding hydrogens is 579 g/mol. The van der Waals surface area contributed by atoms with E-state index in [4.69, 9.17) is 4.74 Å². The molecule has 11 nitrogen and oxygen atoms in total. The quantitative estimate of drug-likeness (QED) is 0.438. The van der Waals surface area contributed by atoms with Crippen molar-refractivity contribution in [2.75, 3.05) is 6.54 Å². The topological polar surface area (TPSA) is 151 Å². The fraction of sp³-hybridized carbons (Fsp3) is 0.600. The van der Waals surface area contributed by atoms with Gasteiger partial charge in [0.25, 0.3) is 15.9 Å². The largest absolute Gasteiger partial charge is 0.444 e. The van der Waals surface area contributed by atoms with Crippen molar-refractivity contribution < 1.29 is 36.7 Å². The molecule has 4 amide bonds. The lowest BCUT2D eigenvalue weighted by Gasteiger charge is -2.30. The number of ether oxygens (including phenoxy) is 1. The van der Waals surface area contributed by atoms with Gasteiger partial charge in [-0.05, 0) is 83.9 Å². The lowest BCUT2D eigenvalue weighted by Crippen LogP contribution is -2.58. The van der Waals surface area contributed by atoms with Crippen molar-refractivity contribution in [1.29, 1.82) is 0 Å². The predicted octanol–water partition coefficient (Wildman–Crippen LogP) is 3.22. The molecule has 0 radical (unpaired) electrons. The molecule has 1 aromatic carbocycles. The minimum atomic E-state index is -4.43. The molecule has 0 bridgehead atoms. The minimum Gasteiger partial charge on any atom is -0.444 e. The summed E-state index contributed by atoms with van der Waals surface area (Å²) in [5, 5.41) is 5.44. The molecule has 3 N–H and O–H groups in total. The molecule has 4 rings (SSSR count). The summed E-state index contributed by atoms with van der Waals surface area (Å²) in [6.45, 7) is 6.95. The number of fused-ring (bicyclic) bond motifs is 2. The highest BCUT2D eigenvalue weighted by molar-refractivity contribution is 7.90. The first-order valence-electron chi connectivity index (χ1n) is 14.7. The number of halogens is 1. The summed E-state index contributed by atoms with van der Waals surface area (Å²) in [6.07, 6.45) is 7.33. The first-order valence-corrected chi connectivity index (χ1v) is 16.2. The number of sulfonamides is 1. The summed E-state index contributed by atoms with van der Waals surface area (Å²) in [4.78, 5) is 54.4. The van der Waals surface area contributed by atoms with E-state index in [0.717, 1.165) is 18.9 Å². The van der Waals surface area contributed by atoms with E-state index in [9.17, 15) is 32.0 Å². The second-order valence-corrected chi connectivity index (χ2v) is 14.3. The van der Waals surface area contributed by atoms with Gasteiger partial charge in [-0.15, -0.1) is 0 Å². The van der Waals surface area contributed by atoms with E-state index in [0.29, 0.717) is 38.6 Å². The molecule has 0 aromatic heterocycles. The van der Waals surface area contributed by atoms with E-state index in [1.165, 1.54) is 24.0 Å². The van der Waals surface area contributed by atoms with Crippen molar-refractivity contribution in [2.24, 2.45) is 5.92 Å². The molecule has 13 heteroatoms. The highest BCUT2D eigenvalue weighted by Gasteiger charge is 2.61. The Morgan fingerprint density at radius 2 is 1.86 bits per heavy atom. The van der Waals surface area contributed by atoms with E-state index in [1.54, 1.807) is 20.8 Å². The molecule has 1 aromatic rings. The number of rotatable bonds is 4. The van der Waals surface area contributed by atoms with E-state index in [-0.39, 0.29) is 12.0 Å². The maximum atomic E-state index is 14.1. The number of aryl methyl sites for hydroxylation is 1. The molecule has 43 heavy (non-hydrogen) atoms. The molecule has 2 aliphatic heterocycles. The van der Waals surface area contributed by atoms with E-state index < -0.39 is 73.7 Å². The van der Waals surface area contributed by atoms with Crippen molar-refractivity contribution in [3.63, 3.8) is 0 Å². The minimum absolute atomic E-state index is 0.169. The van der Waals surface area contributed by atoms with Gasteiger partial charge in [0.05, 0.1) is 4.90 Å². The molecule has 1 aliphatic carbocycles. The third-order valence-electron chi connectivity index (χ3n) is 8.01. The lowest BCUT2D eigenvalue weighted by molar-refractivity contribution is -0.141. The van der Waals surface area contributed by atoms with E-state index in [2.05, 4.69) is 10.6 Å². The van der Waals surface area contributed by atoms with E-state index in [1.807, 2.05) is 16.9 Å². The number of nitrogens with one attached hydrogen (secondary N) is 3. The van der Waals surface area contributed by atoms with Crippen LogP contribution in [0.3, 0.4) is 0 Å². The SMILES string of the molecule is Cc1ccc(S(=O)(=O)NC(=O)C23CC2C=CCCCCCC(NC(=O)OC(C)(C)C)C(=O)N2CCCC2C(=O)N3)cc1F. The van der Waals surface area contributed by atoms with Crippen molar-refractivity contribution in [3.05, 3.63) is 41.7 Å². The molecule has 4 atom stereocenters. The average Bonchev–Trinajstić information content (AvgIpc) is 3.36. The monoisotopic (exact) mass is 620 g/mol. The second-order valence-electron chi connectivity index (χ2n) is 12.6. The number of alkyl carbamates (subject to hydrolysis) is 1. The van der Waals surface area contributed by atoms with Gasteiger partial charge >= 0.3 is 6.09 Å². The molecule has 2 fully saturated rings.